The average Bonchev–Trinajstić information content (AvgIpc) is 2.51. The number of hydrogen-bond acceptors (Lipinski definition) is 4. The van der Waals surface area contributed by atoms with E-state index in [1.54, 1.807) is 11.3 Å². The van der Waals surface area contributed by atoms with Crippen molar-refractivity contribution in [3.8, 4) is 0 Å². The van der Waals surface area contributed by atoms with Gasteiger partial charge < -0.3 is 10.2 Å². The summed E-state index contributed by atoms with van der Waals surface area (Å²) >= 11 is 1.69. The molecule has 0 atom stereocenters. The average molecular weight is 213 g/mol. The lowest BCUT2D eigenvalue weighted by Gasteiger charge is -2.23. The van der Waals surface area contributed by atoms with Crippen LogP contribution in [0, 0.1) is 0 Å². The molecule has 4 heteroatoms. The Morgan fingerprint density at radius 1 is 1.50 bits per heavy atom. The van der Waals surface area contributed by atoms with Gasteiger partial charge in [0.15, 0.2) is 5.13 Å². The predicted molar refractivity (Wildman–Crippen MR) is 63.1 cm³/mol. The highest BCUT2D eigenvalue weighted by molar-refractivity contribution is 7.13. The number of rotatable bonds is 4. The van der Waals surface area contributed by atoms with Gasteiger partial charge >= 0.3 is 0 Å². The van der Waals surface area contributed by atoms with E-state index in [-0.39, 0.29) is 5.54 Å². The highest BCUT2D eigenvalue weighted by Crippen LogP contribution is 2.25. The lowest BCUT2D eigenvalue weighted by atomic mass is 10.0. The number of hydrogen-bond donors (Lipinski definition) is 1. The molecule has 0 spiro atoms. The van der Waals surface area contributed by atoms with E-state index >= 15 is 0 Å². The fourth-order valence-electron chi connectivity index (χ4n) is 1.29. The molecule has 3 nitrogen and oxygen atoms in total. The Hall–Kier alpha value is -0.610. The monoisotopic (exact) mass is 213 g/mol. The lowest BCUT2D eigenvalue weighted by molar-refractivity contribution is 0.406. The van der Waals surface area contributed by atoms with Crippen LogP contribution in [0.25, 0.3) is 0 Å². The van der Waals surface area contributed by atoms with E-state index in [9.17, 15) is 0 Å². The van der Waals surface area contributed by atoms with Crippen LogP contribution in [0.1, 0.15) is 26.5 Å². The molecule has 1 heterocycles. The van der Waals surface area contributed by atoms with Crippen molar-refractivity contribution in [3.63, 3.8) is 0 Å². The number of aromatic nitrogens is 1. The summed E-state index contributed by atoms with van der Waals surface area (Å²) < 4.78 is 0. The Morgan fingerprint density at radius 2 is 2.14 bits per heavy atom. The maximum absolute atomic E-state index is 4.58. The van der Waals surface area contributed by atoms with Gasteiger partial charge in [0, 0.05) is 19.5 Å². The number of nitrogens with one attached hydrogen (secondary N) is 1. The summed E-state index contributed by atoms with van der Waals surface area (Å²) in [6, 6.07) is 0. The zero-order valence-electron chi connectivity index (χ0n) is 9.59. The van der Waals surface area contributed by atoms with Gasteiger partial charge in [-0.05, 0) is 20.4 Å². The molecule has 0 aliphatic carbocycles. The van der Waals surface area contributed by atoms with Gasteiger partial charge in [0.1, 0.15) is 0 Å². The van der Waals surface area contributed by atoms with Crippen molar-refractivity contribution >= 4 is 16.5 Å². The fraction of sp³-hybridized carbons (Fsp3) is 0.700. The maximum Gasteiger partial charge on any atom is 0.185 e. The molecule has 1 aromatic rings. The Bertz CT molecular complexity index is 291. The molecule has 0 aliphatic rings. The first-order valence-corrected chi connectivity index (χ1v) is 5.73. The van der Waals surface area contributed by atoms with Crippen LogP contribution in [-0.4, -0.2) is 25.6 Å². The standard InChI is InChI=1S/C10H19N3S/c1-6-11-10(2,3)8-7-14-9(12-8)13(4)5/h7,11H,6H2,1-5H3. The van der Waals surface area contributed by atoms with Crippen LogP contribution in [-0.2, 0) is 5.54 Å². The molecule has 1 N–H and O–H groups in total. The third kappa shape index (κ3) is 2.45. The van der Waals surface area contributed by atoms with Crippen molar-refractivity contribution in [1.82, 2.24) is 10.3 Å². The summed E-state index contributed by atoms with van der Waals surface area (Å²) in [5.41, 5.74) is 1.09. The van der Waals surface area contributed by atoms with Crippen LogP contribution in [0.5, 0.6) is 0 Å². The summed E-state index contributed by atoms with van der Waals surface area (Å²) in [5, 5.41) is 6.60. The molecule has 0 saturated heterocycles. The predicted octanol–water partition coefficient (Wildman–Crippen LogP) is 2.05. The molecule has 1 aromatic heterocycles. The maximum atomic E-state index is 4.58. The van der Waals surface area contributed by atoms with Crippen LogP contribution in [0.4, 0.5) is 5.13 Å². The van der Waals surface area contributed by atoms with Gasteiger partial charge in [0.2, 0.25) is 0 Å². The Morgan fingerprint density at radius 3 is 2.57 bits per heavy atom. The Kier molecular flexibility index (Phi) is 3.50. The first-order chi connectivity index (χ1) is 6.47. The van der Waals surface area contributed by atoms with Crippen molar-refractivity contribution in [1.29, 1.82) is 0 Å². The van der Waals surface area contributed by atoms with Crippen molar-refractivity contribution in [3.05, 3.63) is 11.1 Å². The van der Waals surface area contributed by atoms with E-state index < -0.39 is 0 Å². The van der Waals surface area contributed by atoms with Crippen LogP contribution in [0.3, 0.4) is 0 Å². The van der Waals surface area contributed by atoms with Gasteiger partial charge in [-0.25, -0.2) is 4.98 Å². The van der Waals surface area contributed by atoms with Crippen LogP contribution >= 0.6 is 11.3 Å². The Labute approximate surface area is 90.2 Å². The van der Waals surface area contributed by atoms with Gasteiger partial charge in [0.25, 0.3) is 0 Å². The van der Waals surface area contributed by atoms with Crippen molar-refractivity contribution in [2.75, 3.05) is 25.5 Å². The quantitative estimate of drug-likeness (QED) is 0.829. The summed E-state index contributed by atoms with van der Waals surface area (Å²) in [4.78, 5) is 6.62. The second-order valence-corrected chi connectivity index (χ2v) is 4.90. The normalized spacial score (nSPS) is 11.8. The summed E-state index contributed by atoms with van der Waals surface area (Å²) in [6.45, 7) is 7.39. The Balaban J connectivity index is 2.85. The van der Waals surface area contributed by atoms with E-state index in [0.717, 1.165) is 17.4 Å². The molecule has 1 rings (SSSR count). The molecule has 0 unspecified atom stereocenters. The third-order valence-corrected chi connectivity index (χ3v) is 3.14. The summed E-state index contributed by atoms with van der Waals surface area (Å²) in [5.74, 6) is 0. The third-order valence-electron chi connectivity index (χ3n) is 2.13. The smallest absolute Gasteiger partial charge is 0.185 e. The molecule has 0 amide bonds. The SMILES string of the molecule is CCNC(C)(C)c1csc(N(C)C)n1. The molecule has 0 aliphatic heterocycles. The molecule has 0 aromatic carbocycles. The van der Waals surface area contributed by atoms with E-state index in [1.165, 1.54) is 0 Å². The molecular weight excluding hydrogens is 194 g/mol. The van der Waals surface area contributed by atoms with Gasteiger partial charge in [-0.1, -0.05) is 6.92 Å². The van der Waals surface area contributed by atoms with Crippen molar-refractivity contribution in [2.24, 2.45) is 0 Å². The largest absolute Gasteiger partial charge is 0.354 e. The van der Waals surface area contributed by atoms with Gasteiger partial charge in [-0.2, -0.15) is 0 Å². The number of thiazole rings is 1. The van der Waals surface area contributed by atoms with Gasteiger partial charge in [-0.3, -0.25) is 0 Å². The van der Waals surface area contributed by atoms with E-state index in [0.29, 0.717) is 0 Å². The minimum absolute atomic E-state index is 0.0283. The highest BCUT2D eigenvalue weighted by Gasteiger charge is 2.22. The topological polar surface area (TPSA) is 28.2 Å². The molecule has 80 valence electrons. The van der Waals surface area contributed by atoms with Gasteiger partial charge in [0.05, 0.1) is 11.2 Å². The van der Waals surface area contributed by atoms with E-state index in [2.05, 4.69) is 36.5 Å². The van der Waals surface area contributed by atoms with Crippen LogP contribution in [0.15, 0.2) is 5.38 Å². The minimum Gasteiger partial charge on any atom is -0.354 e. The zero-order valence-corrected chi connectivity index (χ0v) is 10.4. The van der Waals surface area contributed by atoms with E-state index in [1.807, 2.05) is 19.0 Å². The lowest BCUT2D eigenvalue weighted by Crippen LogP contribution is -2.36. The molecule has 0 saturated carbocycles. The molecule has 0 bridgehead atoms. The fourth-order valence-corrected chi connectivity index (χ4v) is 2.22. The van der Waals surface area contributed by atoms with Crippen LogP contribution < -0.4 is 10.2 Å². The first-order valence-electron chi connectivity index (χ1n) is 4.85. The second kappa shape index (κ2) is 4.28. The molecule has 0 radical (unpaired) electrons. The zero-order chi connectivity index (χ0) is 10.8. The molecule has 14 heavy (non-hydrogen) atoms. The summed E-state index contributed by atoms with van der Waals surface area (Å²) in [6.07, 6.45) is 0. The molecular formula is C10H19N3S. The van der Waals surface area contributed by atoms with Gasteiger partial charge in [-0.15, -0.1) is 11.3 Å². The van der Waals surface area contributed by atoms with Crippen molar-refractivity contribution in [2.45, 2.75) is 26.3 Å². The first kappa shape index (κ1) is 11.5. The highest BCUT2D eigenvalue weighted by atomic mass is 32.1. The number of anilines is 1. The number of nitrogens with zero attached hydrogens (tertiary/aromatic N) is 2. The van der Waals surface area contributed by atoms with E-state index in [4.69, 9.17) is 0 Å². The second-order valence-electron chi connectivity index (χ2n) is 4.07. The molecule has 0 fully saturated rings. The van der Waals surface area contributed by atoms with Crippen molar-refractivity contribution < 1.29 is 0 Å². The minimum atomic E-state index is -0.0283. The summed E-state index contributed by atoms with van der Waals surface area (Å²) in [7, 11) is 4.03. The van der Waals surface area contributed by atoms with Crippen LogP contribution in [0.2, 0.25) is 0 Å².